The quantitative estimate of drug-likeness (QED) is 0.876. The Morgan fingerprint density at radius 2 is 1.60 bits per heavy atom. The van der Waals surface area contributed by atoms with Crippen LogP contribution in [0.4, 0.5) is 13.2 Å². The summed E-state index contributed by atoms with van der Waals surface area (Å²) in [6.45, 7) is 0. The predicted octanol–water partition coefficient (Wildman–Crippen LogP) is 2.44. The third-order valence-electron chi connectivity index (χ3n) is 2.66. The monoisotopic (exact) mass is 315 g/mol. The van der Waals surface area contributed by atoms with Crippen LogP contribution in [0.15, 0.2) is 18.2 Å². The summed E-state index contributed by atoms with van der Waals surface area (Å²) in [4.78, 5) is 0. The largest absolute Gasteiger partial charge is 0.497 e. The minimum atomic E-state index is -4.54. The highest BCUT2D eigenvalue weighted by Crippen LogP contribution is 2.31. The molecule has 4 nitrogen and oxygen atoms in total. The van der Waals surface area contributed by atoms with Gasteiger partial charge in [-0.3, -0.25) is 0 Å². The van der Waals surface area contributed by atoms with E-state index in [2.05, 4.69) is 0 Å². The van der Waals surface area contributed by atoms with Gasteiger partial charge in [0.25, 0.3) is 0 Å². The van der Waals surface area contributed by atoms with Gasteiger partial charge in [0.05, 0.1) is 20.3 Å². The Morgan fingerprint density at radius 3 is 1.95 bits per heavy atom. The van der Waals surface area contributed by atoms with Crippen LogP contribution in [-0.4, -0.2) is 31.5 Å². The Bertz CT molecular complexity index is 407. The lowest BCUT2D eigenvalue weighted by Gasteiger charge is -2.20. The molecule has 0 bridgehead atoms. The summed E-state index contributed by atoms with van der Waals surface area (Å²) in [6, 6.07) is 2.35. The summed E-state index contributed by atoms with van der Waals surface area (Å²) >= 11 is 0. The Kier molecular flexibility index (Phi) is 7.12. The lowest BCUT2D eigenvalue weighted by molar-refractivity contribution is -0.153. The average Bonchev–Trinajstić information content (AvgIpc) is 2.36. The molecule has 8 heteroatoms. The van der Waals surface area contributed by atoms with Gasteiger partial charge in [0.15, 0.2) is 0 Å². The van der Waals surface area contributed by atoms with Crippen LogP contribution in [-0.2, 0) is 0 Å². The minimum Gasteiger partial charge on any atom is -0.497 e. The van der Waals surface area contributed by atoms with Gasteiger partial charge in [-0.2, -0.15) is 13.2 Å². The zero-order valence-electron chi connectivity index (χ0n) is 11.0. The molecule has 0 radical (unpaired) electrons. The molecule has 1 aromatic carbocycles. The number of benzene rings is 1. The van der Waals surface area contributed by atoms with E-state index in [1.807, 2.05) is 0 Å². The fraction of sp³-hybridized carbons (Fsp3) is 0.500. The number of aliphatic hydroxyl groups is 1. The van der Waals surface area contributed by atoms with Crippen molar-refractivity contribution in [2.45, 2.75) is 24.7 Å². The van der Waals surface area contributed by atoms with Gasteiger partial charge in [0.1, 0.15) is 17.5 Å². The maximum atomic E-state index is 12.3. The van der Waals surface area contributed by atoms with E-state index < -0.39 is 24.7 Å². The molecule has 0 aliphatic heterocycles. The predicted molar refractivity (Wildman–Crippen MR) is 70.4 cm³/mol. The first kappa shape index (κ1) is 18.8. The molecule has 20 heavy (non-hydrogen) atoms. The molecule has 0 aliphatic carbocycles. The molecule has 0 aliphatic rings. The van der Waals surface area contributed by atoms with Crippen molar-refractivity contribution in [3.63, 3.8) is 0 Å². The Balaban J connectivity index is 0.00000361. The molecule has 0 saturated carbocycles. The van der Waals surface area contributed by atoms with E-state index in [0.29, 0.717) is 11.5 Å². The standard InChI is InChI=1S/C12H16F3NO3.ClH/c1-18-8-3-7(4-9(5-8)19-2)10(17)6-11(16)12(13,14)15;/h3-5,10-11,17H,6,16H2,1-2H3;1H/t10-,11-;/m1./s1. The fourth-order valence-electron chi connectivity index (χ4n) is 1.53. The fourth-order valence-corrected chi connectivity index (χ4v) is 1.53. The number of hydrogen-bond donors (Lipinski definition) is 2. The number of methoxy groups -OCH3 is 2. The molecule has 3 N–H and O–H groups in total. The van der Waals surface area contributed by atoms with Crippen molar-refractivity contribution >= 4 is 12.4 Å². The molecule has 1 rings (SSSR count). The number of nitrogens with two attached hydrogens (primary N) is 1. The minimum absolute atomic E-state index is 0. The van der Waals surface area contributed by atoms with Crippen LogP contribution in [0.1, 0.15) is 18.1 Å². The Morgan fingerprint density at radius 1 is 1.15 bits per heavy atom. The topological polar surface area (TPSA) is 64.7 Å². The van der Waals surface area contributed by atoms with Gasteiger partial charge in [0.2, 0.25) is 0 Å². The van der Waals surface area contributed by atoms with Crippen LogP contribution in [0, 0.1) is 0 Å². The first-order chi connectivity index (χ1) is 8.77. The van der Waals surface area contributed by atoms with E-state index in [0.717, 1.165) is 0 Å². The second-order valence-electron chi connectivity index (χ2n) is 4.05. The van der Waals surface area contributed by atoms with Gasteiger partial charge >= 0.3 is 6.18 Å². The van der Waals surface area contributed by atoms with Crippen LogP contribution in [0.5, 0.6) is 11.5 Å². The van der Waals surface area contributed by atoms with E-state index >= 15 is 0 Å². The van der Waals surface area contributed by atoms with E-state index in [4.69, 9.17) is 15.2 Å². The maximum Gasteiger partial charge on any atom is 0.403 e. The van der Waals surface area contributed by atoms with Crippen molar-refractivity contribution < 1.29 is 27.8 Å². The SMILES string of the molecule is COc1cc(OC)cc([C@H](O)C[C@@H](N)C(F)(F)F)c1.Cl. The van der Waals surface area contributed by atoms with E-state index in [-0.39, 0.29) is 18.0 Å². The molecule has 116 valence electrons. The van der Waals surface area contributed by atoms with Gasteiger partial charge in [-0.1, -0.05) is 0 Å². The molecule has 0 saturated heterocycles. The average molecular weight is 316 g/mol. The molecule has 0 aromatic heterocycles. The third-order valence-corrected chi connectivity index (χ3v) is 2.66. The van der Waals surface area contributed by atoms with Gasteiger partial charge in [0, 0.05) is 12.5 Å². The highest BCUT2D eigenvalue weighted by Gasteiger charge is 2.38. The number of ether oxygens (including phenoxy) is 2. The summed E-state index contributed by atoms with van der Waals surface area (Å²) < 4.78 is 46.9. The summed E-state index contributed by atoms with van der Waals surface area (Å²) in [7, 11) is 2.82. The van der Waals surface area contributed by atoms with Crippen LogP contribution in [0.25, 0.3) is 0 Å². The van der Waals surface area contributed by atoms with Crippen molar-refractivity contribution in [3.8, 4) is 11.5 Å². The normalized spacial score (nSPS) is 14.2. The molecular formula is C12H17ClF3NO3. The van der Waals surface area contributed by atoms with E-state index in [1.54, 1.807) is 6.07 Å². The second kappa shape index (κ2) is 7.56. The van der Waals surface area contributed by atoms with Crippen LogP contribution in [0.3, 0.4) is 0 Å². The third kappa shape index (κ3) is 5.07. The summed E-state index contributed by atoms with van der Waals surface area (Å²) in [5.74, 6) is 0.767. The summed E-state index contributed by atoms with van der Waals surface area (Å²) in [6.07, 6.45) is -6.51. The van der Waals surface area contributed by atoms with Gasteiger partial charge < -0.3 is 20.3 Å². The number of alkyl halides is 3. The molecule has 1 aromatic rings. The number of rotatable bonds is 5. The highest BCUT2D eigenvalue weighted by atomic mass is 35.5. The number of halogens is 4. The van der Waals surface area contributed by atoms with Crippen LogP contribution >= 0.6 is 12.4 Å². The Labute approximate surface area is 121 Å². The first-order valence-electron chi connectivity index (χ1n) is 5.51. The van der Waals surface area contributed by atoms with E-state index in [9.17, 15) is 18.3 Å². The summed E-state index contributed by atoms with van der Waals surface area (Å²) in [5.41, 5.74) is 5.24. The van der Waals surface area contributed by atoms with Crippen molar-refractivity contribution in [1.82, 2.24) is 0 Å². The number of hydrogen-bond acceptors (Lipinski definition) is 4. The second-order valence-corrected chi connectivity index (χ2v) is 4.05. The molecule has 2 atom stereocenters. The first-order valence-corrected chi connectivity index (χ1v) is 5.51. The van der Waals surface area contributed by atoms with Crippen molar-refractivity contribution in [1.29, 1.82) is 0 Å². The number of aliphatic hydroxyl groups excluding tert-OH is 1. The molecular weight excluding hydrogens is 299 g/mol. The Hall–Kier alpha value is -1.18. The zero-order chi connectivity index (χ0) is 14.6. The smallest absolute Gasteiger partial charge is 0.403 e. The summed E-state index contributed by atoms with van der Waals surface area (Å²) in [5, 5.41) is 9.80. The van der Waals surface area contributed by atoms with Crippen LogP contribution in [0.2, 0.25) is 0 Å². The van der Waals surface area contributed by atoms with Crippen molar-refractivity contribution in [3.05, 3.63) is 23.8 Å². The molecule has 0 unspecified atom stereocenters. The molecule has 0 amide bonds. The van der Waals surface area contributed by atoms with Gasteiger partial charge in [-0.25, -0.2) is 0 Å². The van der Waals surface area contributed by atoms with Crippen molar-refractivity contribution in [2.75, 3.05) is 14.2 Å². The van der Waals surface area contributed by atoms with Gasteiger partial charge in [-0.15, -0.1) is 12.4 Å². The molecule has 0 fully saturated rings. The van der Waals surface area contributed by atoms with Gasteiger partial charge in [-0.05, 0) is 17.7 Å². The lowest BCUT2D eigenvalue weighted by atomic mass is 10.0. The van der Waals surface area contributed by atoms with Crippen molar-refractivity contribution in [2.24, 2.45) is 5.73 Å². The van der Waals surface area contributed by atoms with E-state index in [1.165, 1.54) is 26.4 Å². The van der Waals surface area contributed by atoms with Crippen LogP contribution < -0.4 is 15.2 Å². The molecule has 0 spiro atoms. The maximum absolute atomic E-state index is 12.3. The highest BCUT2D eigenvalue weighted by molar-refractivity contribution is 5.85. The zero-order valence-corrected chi connectivity index (χ0v) is 11.8. The molecule has 0 heterocycles. The lowest BCUT2D eigenvalue weighted by Crippen LogP contribution is -2.38.